The van der Waals surface area contributed by atoms with Crippen LogP contribution >= 0.6 is 0 Å². The van der Waals surface area contributed by atoms with Crippen LogP contribution in [-0.2, 0) is 20.7 Å². The summed E-state index contributed by atoms with van der Waals surface area (Å²) in [6.45, 7) is 5.92. The van der Waals surface area contributed by atoms with E-state index in [1.165, 1.54) is 31.7 Å². The molecule has 0 fully saturated rings. The molecule has 2 rings (SSSR count). The fourth-order valence-electron chi connectivity index (χ4n) is 3.54. The summed E-state index contributed by atoms with van der Waals surface area (Å²) in [4.78, 5) is 32.1. The topological polar surface area (TPSA) is 78.4 Å². The molecule has 0 aliphatic rings. The van der Waals surface area contributed by atoms with Crippen molar-refractivity contribution in [2.24, 2.45) is 0 Å². The zero-order valence-corrected chi connectivity index (χ0v) is 21.5. The molecule has 1 heterocycles. The minimum atomic E-state index is -0.253. The van der Waals surface area contributed by atoms with Crippen molar-refractivity contribution in [3.8, 4) is 17.1 Å². The number of carbonyl (C=O) groups is 2. The lowest BCUT2D eigenvalue weighted by Crippen LogP contribution is -2.14. The lowest BCUT2D eigenvalue weighted by Gasteiger charge is -2.12. The summed E-state index contributed by atoms with van der Waals surface area (Å²) >= 11 is 0. The smallest absolute Gasteiger partial charge is 0.311 e. The molecule has 0 saturated heterocycles. The van der Waals surface area contributed by atoms with Crippen LogP contribution in [0.2, 0.25) is 0 Å². The molecule has 0 amide bonds. The zero-order chi connectivity index (χ0) is 25.3. The Morgan fingerprint density at radius 3 is 2.20 bits per heavy atom. The van der Waals surface area contributed by atoms with Gasteiger partial charge in [0, 0.05) is 18.4 Å². The molecular weight excluding hydrogens is 440 g/mol. The molecule has 190 valence electrons. The van der Waals surface area contributed by atoms with E-state index in [0.717, 1.165) is 49.7 Å². The molecule has 0 saturated carbocycles. The fraction of sp³-hybridized carbons (Fsp3) is 0.517. The van der Waals surface area contributed by atoms with Gasteiger partial charge in [0.25, 0.3) is 0 Å². The molecule has 0 bridgehead atoms. The summed E-state index contributed by atoms with van der Waals surface area (Å²) in [6.07, 6.45) is 17.5. The van der Waals surface area contributed by atoms with E-state index in [9.17, 15) is 9.59 Å². The van der Waals surface area contributed by atoms with Crippen molar-refractivity contribution in [1.82, 2.24) is 9.97 Å². The Balaban J connectivity index is 1.71. The molecule has 2 aromatic rings. The van der Waals surface area contributed by atoms with Crippen molar-refractivity contribution >= 4 is 11.9 Å². The van der Waals surface area contributed by atoms with Crippen LogP contribution in [0.5, 0.6) is 5.75 Å². The van der Waals surface area contributed by atoms with Gasteiger partial charge in [0.2, 0.25) is 0 Å². The standard InChI is InChI=1S/C29H40N2O4/c1-4-6-7-8-9-10-11-12-13-14-28(33)35-26-21-30-29(31-22-26)25-19-17-24(18-20-25)16-15-23(3)34-27(32)5-2/h9-10,17-23H,4-8,11-16H2,1-3H3/b10-9+. The van der Waals surface area contributed by atoms with Crippen LogP contribution in [0.1, 0.15) is 90.5 Å². The van der Waals surface area contributed by atoms with Crippen molar-refractivity contribution in [1.29, 1.82) is 0 Å². The molecule has 1 aromatic carbocycles. The Morgan fingerprint density at radius 1 is 0.914 bits per heavy atom. The van der Waals surface area contributed by atoms with Crippen molar-refractivity contribution in [3.05, 3.63) is 54.4 Å². The first kappa shape index (κ1) is 28.2. The number of esters is 2. The van der Waals surface area contributed by atoms with E-state index in [2.05, 4.69) is 29.0 Å². The van der Waals surface area contributed by atoms with E-state index in [1.807, 2.05) is 31.2 Å². The molecule has 0 aliphatic heterocycles. The molecule has 6 nitrogen and oxygen atoms in total. The Bertz CT molecular complexity index is 907. The molecule has 0 aliphatic carbocycles. The van der Waals surface area contributed by atoms with E-state index in [-0.39, 0.29) is 18.0 Å². The number of nitrogens with zero attached hydrogens (tertiary/aromatic N) is 2. The first-order valence-electron chi connectivity index (χ1n) is 13.0. The van der Waals surface area contributed by atoms with Gasteiger partial charge in [-0.2, -0.15) is 0 Å². The quantitative estimate of drug-likeness (QED) is 0.146. The van der Waals surface area contributed by atoms with Gasteiger partial charge in [-0.1, -0.05) is 63.1 Å². The van der Waals surface area contributed by atoms with Gasteiger partial charge in [-0.15, -0.1) is 0 Å². The summed E-state index contributed by atoms with van der Waals surface area (Å²) in [5.74, 6) is 0.519. The van der Waals surface area contributed by atoms with E-state index in [1.54, 1.807) is 6.92 Å². The Labute approximate surface area is 210 Å². The number of carbonyl (C=O) groups excluding carboxylic acids is 2. The van der Waals surface area contributed by atoms with Crippen molar-refractivity contribution < 1.29 is 19.1 Å². The SMILES string of the molecule is CCCCC/C=C/CCCCC(=O)Oc1cnc(-c2ccc(CCC(C)OC(=O)CC)cc2)nc1. The number of unbranched alkanes of at least 4 members (excludes halogenated alkanes) is 5. The summed E-state index contributed by atoms with van der Waals surface area (Å²) in [6, 6.07) is 8.00. The third kappa shape index (κ3) is 11.8. The predicted octanol–water partition coefficient (Wildman–Crippen LogP) is 7.02. The van der Waals surface area contributed by atoms with Gasteiger partial charge in [-0.25, -0.2) is 9.97 Å². The molecule has 0 radical (unpaired) electrons. The van der Waals surface area contributed by atoms with Gasteiger partial charge in [-0.05, 0) is 57.4 Å². The first-order chi connectivity index (χ1) is 17.0. The third-order valence-corrected chi connectivity index (χ3v) is 5.68. The van der Waals surface area contributed by atoms with Gasteiger partial charge in [0.1, 0.15) is 0 Å². The highest BCUT2D eigenvalue weighted by molar-refractivity contribution is 5.72. The highest BCUT2D eigenvalue weighted by Gasteiger charge is 2.09. The van der Waals surface area contributed by atoms with Crippen LogP contribution in [0.15, 0.2) is 48.8 Å². The Kier molecular flexibility index (Phi) is 13.4. The number of rotatable bonds is 16. The van der Waals surface area contributed by atoms with E-state index < -0.39 is 0 Å². The zero-order valence-electron chi connectivity index (χ0n) is 21.5. The fourth-order valence-corrected chi connectivity index (χ4v) is 3.54. The maximum absolute atomic E-state index is 12.1. The summed E-state index contributed by atoms with van der Waals surface area (Å²) in [7, 11) is 0. The van der Waals surface area contributed by atoms with Gasteiger partial charge in [-0.3, -0.25) is 9.59 Å². The summed E-state index contributed by atoms with van der Waals surface area (Å²) < 4.78 is 10.7. The maximum atomic E-state index is 12.1. The monoisotopic (exact) mass is 480 g/mol. The van der Waals surface area contributed by atoms with Crippen LogP contribution in [0.3, 0.4) is 0 Å². The van der Waals surface area contributed by atoms with Crippen molar-refractivity contribution in [2.75, 3.05) is 0 Å². The average Bonchev–Trinajstić information content (AvgIpc) is 2.87. The van der Waals surface area contributed by atoms with Crippen LogP contribution in [-0.4, -0.2) is 28.0 Å². The summed E-state index contributed by atoms with van der Waals surface area (Å²) in [5, 5.41) is 0. The second kappa shape index (κ2) is 16.6. The van der Waals surface area contributed by atoms with Crippen LogP contribution < -0.4 is 4.74 Å². The second-order valence-corrected chi connectivity index (χ2v) is 8.82. The van der Waals surface area contributed by atoms with Crippen LogP contribution in [0, 0.1) is 0 Å². The van der Waals surface area contributed by atoms with Crippen LogP contribution in [0.4, 0.5) is 0 Å². The predicted molar refractivity (Wildman–Crippen MR) is 139 cm³/mol. The van der Waals surface area contributed by atoms with Gasteiger partial charge in [0.15, 0.2) is 11.6 Å². The number of hydrogen-bond donors (Lipinski definition) is 0. The van der Waals surface area contributed by atoms with Crippen LogP contribution in [0.25, 0.3) is 11.4 Å². The van der Waals surface area contributed by atoms with Gasteiger partial charge < -0.3 is 9.47 Å². The average molecular weight is 481 g/mol. The van der Waals surface area contributed by atoms with Crippen molar-refractivity contribution in [3.63, 3.8) is 0 Å². The molecular formula is C29H40N2O4. The molecule has 1 aromatic heterocycles. The molecule has 1 unspecified atom stereocenters. The number of ether oxygens (including phenoxy) is 2. The lowest BCUT2D eigenvalue weighted by molar-refractivity contribution is -0.148. The van der Waals surface area contributed by atoms with Crippen molar-refractivity contribution in [2.45, 2.75) is 97.5 Å². The van der Waals surface area contributed by atoms with Gasteiger partial charge >= 0.3 is 11.9 Å². The summed E-state index contributed by atoms with van der Waals surface area (Å²) in [5.41, 5.74) is 2.05. The highest BCUT2D eigenvalue weighted by atomic mass is 16.5. The van der Waals surface area contributed by atoms with E-state index in [0.29, 0.717) is 24.4 Å². The molecule has 0 N–H and O–H groups in total. The number of hydrogen-bond acceptors (Lipinski definition) is 6. The first-order valence-corrected chi connectivity index (χ1v) is 13.0. The molecule has 6 heteroatoms. The van der Waals surface area contributed by atoms with E-state index in [4.69, 9.17) is 9.47 Å². The van der Waals surface area contributed by atoms with Gasteiger partial charge in [0.05, 0.1) is 18.5 Å². The van der Waals surface area contributed by atoms with E-state index >= 15 is 0 Å². The Morgan fingerprint density at radius 2 is 1.57 bits per heavy atom. The third-order valence-electron chi connectivity index (χ3n) is 5.68. The largest absolute Gasteiger partial charge is 0.463 e. The normalized spacial score (nSPS) is 12.0. The molecule has 0 spiro atoms. The maximum Gasteiger partial charge on any atom is 0.311 e. The molecule has 35 heavy (non-hydrogen) atoms. The second-order valence-electron chi connectivity index (χ2n) is 8.82. The minimum Gasteiger partial charge on any atom is -0.463 e. The number of allylic oxidation sites excluding steroid dienone is 2. The number of aryl methyl sites for hydroxylation is 1. The highest BCUT2D eigenvalue weighted by Crippen LogP contribution is 2.19. The number of benzene rings is 1. The number of aromatic nitrogens is 2. The minimum absolute atomic E-state index is 0.0992. The Hall–Kier alpha value is -3.02. The lowest BCUT2D eigenvalue weighted by atomic mass is 10.1. The molecule has 1 atom stereocenters.